The van der Waals surface area contributed by atoms with Crippen molar-refractivity contribution in [2.24, 2.45) is 0 Å². The van der Waals surface area contributed by atoms with Crippen molar-refractivity contribution in [3.63, 3.8) is 0 Å². The molecule has 1 aliphatic rings. The van der Waals surface area contributed by atoms with E-state index in [2.05, 4.69) is 0 Å². The van der Waals surface area contributed by atoms with Gasteiger partial charge in [-0.05, 0) is 28.8 Å². The average Bonchev–Trinajstić information content (AvgIpc) is 2.93. The fourth-order valence-electron chi connectivity index (χ4n) is 4.13. The van der Waals surface area contributed by atoms with Crippen LogP contribution in [0.3, 0.4) is 0 Å². The number of aliphatic hydroxyl groups is 1. The third-order valence-electron chi connectivity index (χ3n) is 6.13. The summed E-state index contributed by atoms with van der Waals surface area (Å²) >= 11 is 0. The standard InChI is InChI=1S/C29H34O7/c1-31-24-15-13-23(14-16-24)17-33-20-25-26(30)27(34-18-21-9-5-3-6-10-21)28(29(32-2)36-25)35-19-22-11-7-4-8-12-22/h3-16,25-30H,17-20H2,1-2H3/t25-,26-,27+,28-,29-/m1/s1. The highest BCUT2D eigenvalue weighted by molar-refractivity contribution is 5.26. The second kappa shape index (κ2) is 13.5. The maximum absolute atomic E-state index is 11.3. The monoisotopic (exact) mass is 494 g/mol. The van der Waals surface area contributed by atoms with Crippen LogP contribution < -0.4 is 4.74 Å². The van der Waals surface area contributed by atoms with E-state index in [1.165, 1.54) is 0 Å². The molecule has 0 unspecified atom stereocenters. The second-order valence-electron chi connectivity index (χ2n) is 8.65. The fraction of sp³-hybridized carbons (Fsp3) is 0.379. The molecule has 7 nitrogen and oxygen atoms in total. The maximum atomic E-state index is 11.3. The predicted molar refractivity (Wildman–Crippen MR) is 134 cm³/mol. The number of methoxy groups -OCH3 is 2. The minimum absolute atomic E-state index is 0.170. The lowest BCUT2D eigenvalue weighted by Crippen LogP contribution is -2.60. The van der Waals surface area contributed by atoms with E-state index < -0.39 is 30.7 Å². The van der Waals surface area contributed by atoms with E-state index in [4.69, 9.17) is 28.4 Å². The lowest BCUT2D eigenvalue weighted by atomic mass is 9.98. The van der Waals surface area contributed by atoms with Crippen molar-refractivity contribution in [2.75, 3.05) is 20.8 Å². The van der Waals surface area contributed by atoms with Gasteiger partial charge in [-0.2, -0.15) is 0 Å². The van der Waals surface area contributed by atoms with E-state index in [1.54, 1.807) is 14.2 Å². The molecule has 1 saturated heterocycles. The van der Waals surface area contributed by atoms with Gasteiger partial charge in [0, 0.05) is 7.11 Å². The van der Waals surface area contributed by atoms with Crippen molar-refractivity contribution >= 4 is 0 Å². The molecule has 1 N–H and O–H groups in total. The van der Waals surface area contributed by atoms with Crippen molar-refractivity contribution in [1.29, 1.82) is 0 Å². The van der Waals surface area contributed by atoms with Gasteiger partial charge in [0.25, 0.3) is 0 Å². The zero-order valence-corrected chi connectivity index (χ0v) is 20.7. The first-order valence-electron chi connectivity index (χ1n) is 12.1. The van der Waals surface area contributed by atoms with E-state index in [0.29, 0.717) is 19.8 Å². The van der Waals surface area contributed by atoms with Gasteiger partial charge in [0.15, 0.2) is 6.29 Å². The summed E-state index contributed by atoms with van der Waals surface area (Å²) in [5.74, 6) is 0.785. The van der Waals surface area contributed by atoms with E-state index >= 15 is 0 Å². The Morgan fingerprint density at radius 1 is 0.694 bits per heavy atom. The summed E-state index contributed by atoms with van der Waals surface area (Å²) in [5.41, 5.74) is 3.00. The first-order chi connectivity index (χ1) is 17.7. The highest BCUT2D eigenvalue weighted by atomic mass is 16.7. The van der Waals surface area contributed by atoms with Crippen molar-refractivity contribution < 1.29 is 33.5 Å². The summed E-state index contributed by atoms with van der Waals surface area (Å²) in [6.45, 7) is 1.20. The van der Waals surface area contributed by atoms with Gasteiger partial charge in [-0.1, -0.05) is 72.8 Å². The van der Waals surface area contributed by atoms with Crippen molar-refractivity contribution in [1.82, 2.24) is 0 Å². The van der Waals surface area contributed by atoms with Crippen LogP contribution in [0.25, 0.3) is 0 Å². The molecule has 7 heteroatoms. The van der Waals surface area contributed by atoms with Crippen LogP contribution in [-0.2, 0) is 43.5 Å². The van der Waals surface area contributed by atoms with Crippen LogP contribution in [0.1, 0.15) is 16.7 Å². The molecule has 192 valence electrons. The van der Waals surface area contributed by atoms with Crippen LogP contribution in [0.15, 0.2) is 84.9 Å². The van der Waals surface area contributed by atoms with Crippen LogP contribution in [0.5, 0.6) is 5.75 Å². The zero-order valence-electron chi connectivity index (χ0n) is 20.7. The molecular formula is C29H34O7. The first kappa shape index (κ1) is 26.3. The quantitative estimate of drug-likeness (QED) is 0.406. The summed E-state index contributed by atoms with van der Waals surface area (Å²) < 4.78 is 35.2. The molecule has 4 rings (SSSR count). The van der Waals surface area contributed by atoms with Crippen LogP contribution >= 0.6 is 0 Å². The highest BCUT2D eigenvalue weighted by Gasteiger charge is 2.47. The van der Waals surface area contributed by atoms with Crippen molar-refractivity contribution in [3.8, 4) is 5.75 Å². The van der Waals surface area contributed by atoms with Crippen LogP contribution in [0.2, 0.25) is 0 Å². The molecule has 0 radical (unpaired) electrons. The molecule has 1 fully saturated rings. The molecule has 0 bridgehead atoms. The van der Waals surface area contributed by atoms with E-state index in [1.807, 2.05) is 84.9 Å². The lowest BCUT2D eigenvalue weighted by Gasteiger charge is -2.43. The summed E-state index contributed by atoms with van der Waals surface area (Å²) in [6.07, 6.45) is -3.66. The number of benzene rings is 3. The molecule has 1 heterocycles. The Bertz CT molecular complexity index is 1010. The van der Waals surface area contributed by atoms with Gasteiger partial charge in [0.05, 0.1) is 33.5 Å². The Hall–Kier alpha value is -2.78. The highest BCUT2D eigenvalue weighted by Crippen LogP contribution is 2.28. The number of aliphatic hydroxyl groups excluding tert-OH is 1. The van der Waals surface area contributed by atoms with Gasteiger partial charge < -0.3 is 33.5 Å². The van der Waals surface area contributed by atoms with Crippen LogP contribution in [0.4, 0.5) is 0 Å². The molecule has 3 aromatic carbocycles. The smallest absolute Gasteiger partial charge is 0.186 e. The molecule has 0 aromatic heterocycles. The normalized spacial score (nSPS) is 23.9. The minimum Gasteiger partial charge on any atom is -0.497 e. The molecule has 5 atom stereocenters. The van der Waals surface area contributed by atoms with E-state index in [0.717, 1.165) is 22.4 Å². The molecule has 3 aromatic rings. The van der Waals surface area contributed by atoms with Gasteiger partial charge in [-0.3, -0.25) is 0 Å². The summed E-state index contributed by atoms with van der Waals surface area (Å²) in [5, 5.41) is 11.3. The van der Waals surface area contributed by atoms with E-state index in [-0.39, 0.29) is 6.61 Å². The Kier molecular flexibility index (Phi) is 9.86. The Morgan fingerprint density at radius 3 is 1.81 bits per heavy atom. The fourth-order valence-corrected chi connectivity index (χ4v) is 4.13. The van der Waals surface area contributed by atoms with Crippen molar-refractivity contribution in [2.45, 2.75) is 50.5 Å². The zero-order chi connectivity index (χ0) is 25.2. The first-order valence-corrected chi connectivity index (χ1v) is 12.1. The molecule has 1 aliphatic heterocycles. The molecule has 36 heavy (non-hydrogen) atoms. The number of ether oxygens (including phenoxy) is 6. The molecule has 0 aliphatic carbocycles. The summed E-state index contributed by atoms with van der Waals surface area (Å²) in [4.78, 5) is 0. The van der Waals surface area contributed by atoms with Gasteiger partial charge >= 0.3 is 0 Å². The second-order valence-corrected chi connectivity index (χ2v) is 8.65. The van der Waals surface area contributed by atoms with Gasteiger partial charge in [-0.15, -0.1) is 0 Å². The topological polar surface area (TPSA) is 75.6 Å². The average molecular weight is 495 g/mol. The Labute approximate surface area is 212 Å². The third kappa shape index (κ3) is 7.13. The molecular weight excluding hydrogens is 460 g/mol. The SMILES string of the molecule is COc1ccc(COC[C@H]2O[C@@H](OC)[C@H](OCc3ccccc3)[C@@H](OCc3ccccc3)[C@@H]2O)cc1. The number of hydrogen-bond acceptors (Lipinski definition) is 7. The molecule has 0 spiro atoms. The molecule has 0 amide bonds. The van der Waals surface area contributed by atoms with Gasteiger partial charge in [0.1, 0.15) is 30.2 Å². The number of rotatable bonds is 12. The Balaban J connectivity index is 1.43. The van der Waals surface area contributed by atoms with Gasteiger partial charge in [0.2, 0.25) is 0 Å². The summed E-state index contributed by atoms with van der Waals surface area (Å²) in [6, 6.07) is 27.3. The lowest BCUT2D eigenvalue weighted by molar-refractivity contribution is -0.315. The molecule has 0 saturated carbocycles. The van der Waals surface area contributed by atoms with Crippen molar-refractivity contribution in [3.05, 3.63) is 102 Å². The largest absolute Gasteiger partial charge is 0.497 e. The Morgan fingerprint density at radius 2 is 1.25 bits per heavy atom. The van der Waals surface area contributed by atoms with E-state index in [9.17, 15) is 5.11 Å². The van der Waals surface area contributed by atoms with Crippen LogP contribution in [0, 0.1) is 0 Å². The minimum atomic E-state index is -0.975. The third-order valence-corrected chi connectivity index (χ3v) is 6.13. The van der Waals surface area contributed by atoms with Crippen LogP contribution in [-0.4, -0.2) is 56.6 Å². The summed E-state index contributed by atoms with van der Waals surface area (Å²) in [7, 11) is 3.19. The van der Waals surface area contributed by atoms with Gasteiger partial charge in [-0.25, -0.2) is 0 Å². The number of hydrogen-bond donors (Lipinski definition) is 1. The maximum Gasteiger partial charge on any atom is 0.186 e. The predicted octanol–water partition coefficient (Wildman–Crippen LogP) is 4.11.